The Bertz CT molecular complexity index is 498. The molecule has 0 fully saturated rings. The average Bonchev–Trinajstić information content (AvgIpc) is 2.38. The predicted octanol–water partition coefficient (Wildman–Crippen LogP) is -0.221. The van der Waals surface area contributed by atoms with Crippen LogP contribution in [-0.2, 0) is 6.54 Å². The first-order valence-electron chi connectivity index (χ1n) is 4.86. The third kappa shape index (κ3) is 2.94. The molecule has 0 aliphatic rings. The van der Waals surface area contributed by atoms with Crippen molar-refractivity contribution in [3.05, 3.63) is 42.4 Å². The fourth-order valence-electron chi connectivity index (χ4n) is 1.14. The van der Waals surface area contributed by atoms with E-state index in [9.17, 15) is 4.79 Å². The number of rotatable bonds is 3. The monoisotopic (exact) mass is 230 g/mol. The summed E-state index contributed by atoms with van der Waals surface area (Å²) in [4.78, 5) is 27.0. The van der Waals surface area contributed by atoms with Crippen molar-refractivity contribution >= 4 is 11.7 Å². The molecule has 2 rings (SSSR count). The maximum atomic E-state index is 11.6. The van der Waals surface area contributed by atoms with Gasteiger partial charge < -0.3 is 11.1 Å². The lowest BCUT2D eigenvalue weighted by Crippen LogP contribution is -2.24. The van der Waals surface area contributed by atoms with Crippen molar-refractivity contribution in [2.45, 2.75) is 6.54 Å². The molecule has 0 bridgehead atoms. The molecule has 2 aromatic heterocycles. The number of hydrogen-bond acceptors (Lipinski definition) is 6. The van der Waals surface area contributed by atoms with E-state index < -0.39 is 0 Å². The zero-order valence-corrected chi connectivity index (χ0v) is 8.87. The Morgan fingerprint density at radius 1 is 1.29 bits per heavy atom. The molecule has 2 aromatic rings. The number of nitrogens with two attached hydrogens (primary N) is 1. The molecule has 0 aliphatic carbocycles. The summed E-state index contributed by atoms with van der Waals surface area (Å²) in [6, 6.07) is 1.72. The zero-order valence-electron chi connectivity index (χ0n) is 8.87. The first kappa shape index (κ1) is 10.9. The van der Waals surface area contributed by atoms with E-state index in [-0.39, 0.29) is 17.4 Å². The van der Waals surface area contributed by atoms with E-state index in [0.717, 1.165) is 5.69 Å². The second-order valence-corrected chi connectivity index (χ2v) is 3.21. The number of aromatic nitrogens is 4. The van der Waals surface area contributed by atoms with Crippen molar-refractivity contribution in [2.24, 2.45) is 0 Å². The molecule has 7 heteroatoms. The highest BCUT2D eigenvalue weighted by molar-refractivity contribution is 5.91. The van der Waals surface area contributed by atoms with Crippen LogP contribution in [0.15, 0.2) is 31.0 Å². The van der Waals surface area contributed by atoms with Crippen LogP contribution in [0.5, 0.6) is 0 Å². The largest absolute Gasteiger partial charge is 0.382 e. The molecule has 3 N–H and O–H groups in total. The van der Waals surface area contributed by atoms with Gasteiger partial charge in [0.1, 0.15) is 17.8 Å². The third-order valence-electron chi connectivity index (χ3n) is 1.98. The molecule has 0 unspecified atom stereocenters. The summed E-state index contributed by atoms with van der Waals surface area (Å²) in [5, 5.41) is 2.66. The highest BCUT2D eigenvalue weighted by atomic mass is 16.1. The van der Waals surface area contributed by atoms with E-state index in [1.807, 2.05) is 0 Å². The van der Waals surface area contributed by atoms with Crippen molar-refractivity contribution in [1.82, 2.24) is 25.3 Å². The van der Waals surface area contributed by atoms with Crippen LogP contribution in [0.3, 0.4) is 0 Å². The normalized spacial score (nSPS) is 9.88. The summed E-state index contributed by atoms with van der Waals surface area (Å²) in [5.74, 6) is -0.0477. The lowest BCUT2D eigenvalue weighted by atomic mass is 10.3. The Hall–Kier alpha value is -2.57. The molecule has 0 spiro atoms. The lowest BCUT2D eigenvalue weighted by molar-refractivity contribution is 0.0945. The summed E-state index contributed by atoms with van der Waals surface area (Å²) in [6.45, 7) is 0.313. The molecule has 2 heterocycles. The van der Waals surface area contributed by atoms with Gasteiger partial charge in [-0.2, -0.15) is 0 Å². The first-order valence-corrected chi connectivity index (χ1v) is 4.86. The number of nitrogen functional groups attached to an aromatic ring is 1. The van der Waals surface area contributed by atoms with Gasteiger partial charge in [-0.1, -0.05) is 0 Å². The highest BCUT2D eigenvalue weighted by Crippen LogP contribution is 1.97. The first-order chi connectivity index (χ1) is 8.25. The smallest absolute Gasteiger partial charge is 0.271 e. The van der Waals surface area contributed by atoms with Crippen LogP contribution < -0.4 is 11.1 Å². The van der Waals surface area contributed by atoms with Gasteiger partial charge in [-0.25, -0.2) is 19.9 Å². The summed E-state index contributed by atoms with van der Waals surface area (Å²) in [5.41, 5.74) is 6.30. The summed E-state index contributed by atoms with van der Waals surface area (Å²) in [7, 11) is 0. The van der Waals surface area contributed by atoms with Crippen LogP contribution in [0, 0.1) is 0 Å². The second-order valence-electron chi connectivity index (χ2n) is 3.21. The Morgan fingerprint density at radius 3 is 2.82 bits per heavy atom. The number of hydrogen-bond donors (Lipinski definition) is 2. The molecule has 86 valence electrons. The maximum Gasteiger partial charge on any atom is 0.271 e. The van der Waals surface area contributed by atoms with Gasteiger partial charge in [-0.05, 0) is 6.07 Å². The molecule has 0 aromatic carbocycles. The molecule has 0 saturated carbocycles. The number of amides is 1. The summed E-state index contributed by atoms with van der Waals surface area (Å²) in [6.07, 6.45) is 5.69. The van der Waals surface area contributed by atoms with E-state index in [1.165, 1.54) is 18.7 Å². The van der Waals surface area contributed by atoms with Gasteiger partial charge in [0.05, 0.1) is 24.6 Å². The van der Waals surface area contributed by atoms with Crippen molar-refractivity contribution in [2.75, 3.05) is 5.73 Å². The van der Waals surface area contributed by atoms with Gasteiger partial charge in [0.25, 0.3) is 5.91 Å². The van der Waals surface area contributed by atoms with Crippen molar-refractivity contribution < 1.29 is 4.79 Å². The van der Waals surface area contributed by atoms with Gasteiger partial charge in [0.15, 0.2) is 0 Å². The molecular weight excluding hydrogens is 220 g/mol. The average molecular weight is 230 g/mol. The van der Waals surface area contributed by atoms with Gasteiger partial charge in [-0.3, -0.25) is 4.79 Å². The topological polar surface area (TPSA) is 107 Å². The van der Waals surface area contributed by atoms with Crippen molar-refractivity contribution in [3.63, 3.8) is 0 Å². The number of anilines is 1. The number of carbonyl (C=O) groups excluding carboxylic acids is 1. The fraction of sp³-hybridized carbons (Fsp3) is 0.100. The third-order valence-corrected chi connectivity index (χ3v) is 1.98. The molecule has 1 amide bonds. The predicted molar refractivity (Wildman–Crippen MR) is 59.6 cm³/mol. The summed E-state index contributed by atoms with van der Waals surface area (Å²) < 4.78 is 0. The number of nitrogens with zero attached hydrogens (tertiary/aromatic N) is 4. The fourth-order valence-corrected chi connectivity index (χ4v) is 1.14. The Balaban J connectivity index is 1.96. The van der Waals surface area contributed by atoms with Gasteiger partial charge in [0, 0.05) is 6.20 Å². The van der Waals surface area contributed by atoms with Crippen molar-refractivity contribution in [1.29, 1.82) is 0 Å². The van der Waals surface area contributed by atoms with Crippen LogP contribution in [0.25, 0.3) is 0 Å². The second kappa shape index (κ2) is 4.97. The maximum absolute atomic E-state index is 11.6. The molecule has 0 aliphatic heterocycles. The van der Waals surface area contributed by atoms with Crippen LogP contribution in [0.1, 0.15) is 16.2 Å². The lowest BCUT2D eigenvalue weighted by Gasteiger charge is -2.03. The standard InChI is InChI=1S/C10H10N6O/c11-9-5-13-8(4-14-9)10(17)15-3-7-1-2-12-6-16-7/h1-2,4-6H,3H2,(H2,11,14)(H,15,17). The minimum atomic E-state index is -0.323. The van der Waals surface area contributed by atoms with E-state index in [0.29, 0.717) is 6.54 Å². The van der Waals surface area contributed by atoms with E-state index in [4.69, 9.17) is 5.73 Å². The van der Waals surface area contributed by atoms with Gasteiger partial charge in [-0.15, -0.1) is 0 Å². The highest BCUT2D eigenvalue weighted by Gasteiger charge is 2.07. The van der Waals surface area contributed by atoms with Crippen LogP contribution in [-0.4, -0.2) is 25.8 Å². The SMILES string of the molecule is Nc1cnc(C(=O)NCc2ccncn2)cn1. The Kier molecular flexibility index (Phi) is 3.20. The Labute approximate surface area is 97.1 Å². The molecule has 7 nitrogen and oxygen atoms in total. The molecule has 0 saturated heterocycles. The molecule has 17 heavy (non-hydrogen) atoms. The quantitative estimate of drug-likeness (QED) is 0.754. The number of carbonyl (C=O) groups is 1. The minimum Gasteiger partial charge on any atom is -0.382 e. The van der Waals surface area contributed by atoms with Crippen LogP contribution in [0.4, 0.5) is 5.82 Å². The van der Waals surface area contributed by atoms with Crippen LogP contribution in [0.2, 0.25) is 0 Å². The number of nitrogens with one attached hydrogen (secondary N) is 1. The molecular formula is C10H10N6O. The van der Waals surface area contributed by atoms with Crippen molar-refractivity contribution in [3.8, 4) is 0 Å². The zero-order chi connectivity index (χ0) is 12.1. The van der Waals surface area contributed by atoms with E-state index in [2.05, 4.69) is 25.3 Å². The van der Waals surface area contributed by atoms with E-state index in [1.54, 1.807) is 12.3 Å². The summed E-state index contributed by atoms with van der Waals surface area (Å²) >= 11 is 0. The van der Waals surface area contributed by atoms with E-state index >= 15 is 0 Å². The van der Waals surface area contributed by atoms with Gasteiger partial charge >= 0.3 is 0 Å². The van der Waals surface area contributed by atoms with Crippen LogP contribution >= 0.6 is 0 Å². The molecule has 0 atom stereocenters. The Morgan fingerprint density at radius 2 is 2.18 bits per heavy atom. The molecule has 0 radical (unpaired) electrons. The minimum absolute atomic E-state index is 0.216. The van der Waals surface area contributed by atoms with Gasteiger partial charge in [0.2, 0.25) is 0 Å².